The minimum atomic E-state index is -3.33. The Balaban J connectivity index is 3.20. The van der Waals surface area contributed by atoms with Gasteiger partial charge in [-0.05, 0) is 37.1 Å². The van der Waals surface area contributed by atoms with Crippen molar-refractivity contribution in [2.24, 2.45) is 5.73 Å². The number of hydrogen-bond acceptors (Lipinski definition) is 4. The van der Waals surface area contributed by atoms with Gasteiger partial charge in [-0.1, -0.05) is 6.92 Å². The summed E-state index contributed by atoms with van der Waals surface area (Å²) in [6.07, 6.45) is 0.518. The van der Waals surface area contributed by atoms with Crippen LogP contribution in [0.1, 0.15) is 18.9 Å². The minimum absolute atomic E-state index is 0.143. The van der Waals surface area contributed by atoms with Gasteiger partial charge in [0.1, 0.15) is 5.75 Å². The molecule has 0 spiro atoms. The highest BCUT2D eigenvalue weighted by Gasteiger charge is 2.25. The Morgan fingerprint density at radius 3 is 2.47 bits per heavy atom. The average Bonchev–Trinajstić information content (AvgIpc) is 2.30. The molecule has 0 saturated carbocycles. The van der Waals surface area contributed by atoms with E-state index in [1.54, 1.807) is 25.3 Å². The van der Waals surface area contributed by atoms with Crippen molar-refractivity contribution in [3.05, 3.63) is 23.8 Å². The van der Waals surface area contributed by atoms with E-state index in [0.717, 1.165) is 5.56 Å². The first-order chi connectivity index (χ1) is 7.97. The summed E-state index contributed by atoms with van der Waals surface area (Å²) in [5, 5.41) is -0.518. The lowest BCUT2D eigenvalue weighted by atomic mass is 10.2. The van der Waals surface area contributed by atoms with E-state index in [2.05, 4.69) is 0 Å². The van der Waals surface area contributed by atoms with Gasteiger partial charge in [-0.25, -0.2) is 8.42 Å². The van der Waals surface area contributed by atoms with Crippen molar-refractivity contribution >= 4 is 9.84 Å². The third-order valence-corrected chi connectivity index (χ3v) is 5.17. The summed E-state index contributed by atoms with van der Waals surface area (Å²) in [5.41, 5.74) is 6.30. The first-order valence-electron chi connectivity index (χ1n) is 5.56. The van der Waals surface area contributed by atoms with Crippen molar-refractivity contribution in [2.75, 3.05) is 13.7 Å². The summed E-state index contributed by atoms with van der Waals surface area (Å²) in [6, 6.07) is 4.87. The van der Waals surface area contributed by atoms with E-state index in [1.807, 2.05) is 13.8 Å². The van der Waals surface area contributed by atoms with Gasteiger partial charge >= 0.3 is 0 Å². The van der Waals surface area contributed by atoms with E-state index in [9.17, 15) is 8.42 Å². The highest BCUT2D eigenvalue weighted by atomic mass is 32.2. The van der Waals surface area contributed by atoms with Crippen LogP contribution in [0.5, 0.6) is 5.75 Å². The van der Waals surface area contributed by atoms with Crippen LogP contribution in [0.2, 0.25) is 0 Å². The molecule has 0 amide bonds. The molecule has 0 aromatic heterocycles. The molecule has 5 heteroatoms. The summed E-state index contributed by atoms with van der Waals surface area (Å²) in [6.45, 7) is 3.79. The third kappa shape index (κ3) is 2.79. The van der Waals surface area contributed by atoms with Crippen LogP contribution in [0.3, 0.4) is 0 Å². The first-order valence-corrected chi connectivity index (χ1v) is 7.10. The summed E-state index contributed by atoms with van der Waals surface area (Å²) < 4.78 is 29.6. The molecule has 96 valence electrons. The maximum atomic E-state index is 12.2. The number of benzene rings is 1. The van der Waals surface area contributed by atoms with Crippen LogP contribution in [0.25, 0.3) is 0 Å². The van der Waals surface area contributed by atoms with Crippen LogP contribution < -0.4 is 10.5 Å². The van der Waals surface area contributed by atoms with E-state index < -0.39 is 15.1 Å². The quantitative estimate of drug-likeness (QED) is 0.868. The average molecular weight is 257 g/mol. The molecule has 0 aliphatic heterocycles. The largest absolute Gasteiger partial charge is 0.496 e. The number of rotatable bonds is 5. The molecular weight excluding hydrogens is 238 g/mol. The van der Waals surface area contributed by atoms with E-state index in [1.165, 1.54) is 0 Å². The lowest BCUT2D eigenvalue weighted by molar-refractivity contribution is 0.411. The van der Waals surface area contributed by atoms with Crippen molar-refractivity contribution in [1.29, 1.82) is 0 Å². The molecule has 0 heterocycles. The molecule has 1 aromatic rings. The van der Waals surface area contributed by atoms with E-state index >= 15 is 0 Å². The zero-order chi connectivity index (χ0) is 13.1. The van der Waals surface area contributed by atoms with E-state index in [0.29, 0.717) is 17.1 Å². The molecule has 0 saturated heterocycles. The molecule has 2 N–H and O–H groups in total. The molecule has 1 rings (SSSR count). The SMILES string of the molecule is CCC(CN)S(=O)(=O)c1ccc(OC)c(C)c1. The predicted molar refractivity (Wildman–Crippen MR) is 68.1 cm³/mol. The molecule has 0 aliphatic rings. The topological polar surface area (TPSA) is 69.4 Å². The van der Waals surface area contributed by atoms with Crippen molar-refractivity contribution in [2.45, 2.75) is 30.4 Å². The second kappa shape index (κ2) is 5.51. The molecule has 1 unspecified atom stereocenters. The summed E-state index contributed by atoms with van der Waals surface area (Å²) in [5.74, 6) is 0.685. The summed E-state index contributed by atoms with van der Waals surface area (Å²) in [4.78, 5) is 0.313. The maximum Gasteiger partial charge on any atom is 0.182 e. The third-order valence-electron chi connectivity index (χ3n) is 2.85. The van der Waals surface area contributed by atoms with Gasteiger partial charge in [0, 0.05) is 6.54 Å². The monoisotopic (exact) mass is 257 g/mol. The van der Waals surface area contributed by atoms with Gasteiger partial charge in [-0.2, -0.15) is 0 Å². The number of methoxy groups -OCH3 is 1. The first kappa shape index (κ1) is 14.0. The van der Waals surface area contributed by atoms with Crippen LogP contribution >= 0.6 is 0 Å². The van der Waals surface area contributed by atoms with Gasteiger partial charge in [-0.3, -0.25) is 0 Å². The smallest absolute Gasteiger partial charge is 0.182 e. The van der Waals surface area contributed by atoms with Gasteiger partial charge in [0.05, 0.1) is 17.3 Å². The van der Waals surface area contributed by atoms with Crippen LogP contribution in [0.4, 0.5) is 0 Å². The molecular formula is C12H19NO3S. The zero-order valence-electron chi connectivity index (χ0n) is 10.4. The summed E-state index contributed by atoms with van der Waals surface area (Å²) in [7, 11) is -1.77. The Kier molecular flexibility index (Phi) is 4.54. The highest BCUT2D eigenvalue weighted by Crippen LogP contribution is 2.24. The fourth-order valence-electron chi connectivity index (χ4n) is 1.73. The molecule has 0 bridgehead atoms. The lowest BCUT2D eigenvalue weighted by Crippen LogP contribution is -2.29. The Morgan fingerprint density at radius 1 is 1.41 bits per heavy atom. The van der Waals surface area contributed by atoms with Crippen LogP contribution in [0.15, 0.2) is 23.1 Å². The molecule has 4 nitrogen and oxygen atoms in total. The summed E-state index contributed by atoms with van der Waals surface area (Å²) >= 11 is 0. The van der Waals surface area contributed by atoms with Gasteiger partial charge in [0.15, 0.2) is 9.84 Å². The van der Waals surface area contributed by atoms with Crippen LogP contribution in [0, 0.1) is 6.92 Å². The van der Waals surface area contributed by atoms with Crippen molar-refractivity contribution in [1.82, 2.24) is 0 Å². The van der Waals surface area contributed by atoms with Gasteiger partial charge < -0.3 is 10.5 Å². The number of hydrogen-bond donors (Lipinski definition) is 1. The molecule has 0 aliphatic carbocycles. The molecule has 1 aromatic carbocycles. The number of aryl methyl sites for hydroxylation is 1. The van der Waals surface area contributed by atoms with E-state index in [-0.39, 0.29) is 6.54 Å². The standard InChI is InChI=1S/C12H19NO3S/c1-4-10(8-13)17(14,15)11-5-6-12(16-3)9(2)7-11/h5-7,10H,4,8,13H2,1-3H3. The second-order valence-electron chi connectivity index (χ2n) is 3.94. The fourth-order valence-corrected chi connectivity index (χ4v) is 3.41. The fraction of sp³-hybridized carbons (Fsp3) is 0.500. The molecule has 0 radical (unpaired) electrons. The van der Waals surface area contributed by atoms with Gasteiger partial charge in [-0.15, -0.1) is 0 Å². The minimum Gasteiger partial charge on any atom is -0.496 e. The van der Waals surface area contributed by atoms with Crippen molar-refractivity contribution in [3.8, 4) is 5.75 Å². The van der Waals surface area contributed by atoms with Crippen LogP contribution in [-0.2, 0) is 9.84 Å². The van der Waals surface area contributed by atoms with Crippen molar-refractivity contribution in [3.63, 3.8) is 0 Å². The molecule has 1 atom stereocenters. The molecule has 17 heavy (non-hydrogen) atoms. The highest BCUT2D eigenvalue weighted by molar-refractivity contribution is 7.92. The normalized spacial score (nSPS) is 13.4. The van der Waals surface area contributed by atoms with Gasteiger partial charge in [0.25, 0.3) is 0 Å². The number of sulfone groups is 1. The number of ether oxygens (including phenoxy) is 1. The van der Waals surface area contributed by atoms with Crippen molar-refractivity contribution < 1.29 is 13.2 Å². The Morgan fingerprint density at radius 2 is 2.06 bits per heavy atom. The molecule has 0 fully saturated rings. The Bertz CT molecular complexity index is 479. The second-order valence-corrected chi connectivity index (χ2v) is 6.17. The van der Waals surface area contributed by atoms with Crippen LogP contribution in [-0.4, -0.2) is 27.3 Å². The van der Waals surface area contributed by atoms with Gasteiger partial charge in [0.2, 0.25) is 0 Å². The Hall–Kier alpha value is -1.07. The maximum absolute atomic E-state index is 12.2. The zero-order valence-corrected chi connectivity index (χ0v) is 11.3. The lowest BCUT2D eigenvalue weighted by Gasteiger charge is -2.14. The number of nitrogens with two attached hydrogens (primary N) is 1. The predicted octanol–water partition coefficient (Wildman–Crippen LogP) is 1.51. The van der Waals surface area contributed by atoms with E-state index in [4.69, 9.17) is 10.5 Å². The Labute approximate surface area is 103 Å².